The molecule has 4 fully saturated rings. The van der Waals surface area contributed by atoms with Crippen LogP contribution in [0.2, 0.25) is 0 Å². The average molecular weight is 563 g/mol. The van der Waals surface area contributed by atoms with Gasteiger partial charge < -0.3 is 24.1 Å². The first-order valence-corrected chi connectivity index (χ1v) is 15.6. The Morgan fingerprint density at radius 3 is 2.27 bits per heavy atom. The summed E-state index contributed by atoms with van der Waals surface area (Å²) < 4.78 is 25.2. The van der Waals surface area contributed by atoms with Crippen LogP contribution in [0.4, 0.5) is 0 Å². The van der Waals surface area contributed by atoms with Crippen LogP contribution in [0, 0.1) is 22.7 Å². The minimum atomic E-state index is -0.950. The summed E-state index contributed by atoms with van der Waals surface area (Å²) in [4.78, 5) is 13.3. The van der Waals surface area contributed by atoms with Gasteiger partial charge in [-0.15, -0.1) is 0 Å². The first kappa shape index (κ1) is 28.0. The van der Waals surface area contributed by atoms with Crippen LogP contribution < -0.4 is 0 Å². The maximum atomic E-state index is 13.3. The van der Waals surface area contributed by atoms with Gasteiger partial charge in [0.25, 0.3) is 0 Å². The van der Waals surface area contributed by atoms with Crippen molar-refractivity contribution < 1.29 is 28.8 Å². The molecule has 6 aliphatic rings. The van der Waals surface area contributed by atoms with E-state index in [1.807, 2.05) is 13.0 Å². The number of rotatable bonds is 2. The van der Waals surface area contributed by atoms with Gasteiger partial charge in [0.15, 0.2) is 17.4 Å². The van der Waals surface area contributed by atoms with E-state index in [0.717, 1.165) is 31.2 Å². The molecule has 0 radical (unpaired) electrons. The fourth-order valence-electron chi connectivity index (χ4n) is 8.90. The number of carbonyl (C=O) groups excluding carboxylic acids is 1. The highest BCUT2D eigenvalue weighted by molar-refractivity contribution is 5.98. The number of hydrogen-bond acceptors (Lipinski definition) is 6. The Hall–Kier alpha value is -1.83. The lowest BCUT2D eigenvalue weighted by molar-refractivity contribution is -0.322. The van der Waals surface area contributed by atoms with Crippen molar-refractivity contribution in [2.24, 2.45) is 22.7 Å². The van der Waals surface area contributed by atoms with Crippen LogP contribution in [0.1, 0.15) is 97.1 Å². The van der Waals surface area contributed by atoms with Crippen LogP contribution in [0.25, 0.3) is 0 Å². The Bertz CT molecular complexity index is 1310. The standard InChI is InChI=1S/C35H46O6/c1-30(2)19-39-35(40-20-30)16-14-27-29-24(13-15-34(27,37)18-35)26-11-12-28(36)32(26,5)17-25(29)22-7-9-23(10-8-22)33(6)38-21-31(3,4)41-33/h7-12,24-26,37H,13-21H2,1-6H3/t24-,25+,26-,32-,33?,34+/m0/s1. The lowest BCUT2D eigenvalue weighted by Crippen LogP contribution is -2.57. The van der Waals surface area contributed by atoms with Crippen molar-refractivity contribution in [2.45, 2.75) is 109 Å². The molecule has 2 saturated carbocycles. The molecular weight excluding hydrogens is 516 g/mol. The van der Waals surface area contributed by atoms with Crippen LogP contribution in [0.5, 0.6) is 0 Å². The molecule has 1 spiro atoms. The zero-order chi connectivity index (χ0) is 29.1. The van der Waals surface area contributed by atoms with Crippen LogP contribution in [-0.2, 0) is 29.5 Å². The van der Waals surface area contributed by atoms with Crippen molar-refractivity contribution in [3.05, 3.63) is 58.7 Å². The molecule has 1 aromatic carbocycles. The maximum Gasteiger partial charge on any atom is 0.192 e. The van der Waals surface area contributed by atoms with Gasteiger partial charge in [-0.05, 0) is 75.5 Å². The number of allylic oxidation sites excluding steroid dienone is 3. The number of ketones is 1. The molecule has 222 valence electrons. The minimum Gasteiger partial charge on any atom is -0.385 e. The number of aliphatic hydroxyl groups is 1. The van der Waals surface area contributed by atoms with Crippen molar-refractivity contribution in [1.82, 2.24) is 0 Å². The molecule has 0 bridgehead atoms. The summed E-state index contributed by atoms with van der Waals surface area (Å²) in [5, 5.41) is 12.3. The fourth-order valence-corrected chi connectivity index (χ4v) is 8.90. The van der Waals surface area contributed by atoms with E-state index in [4.69, 9.17) is 18.9 Å². The molecule has 2 saturated heterocycles. The third-order valence-electron chi connectivity index (χ3n) is 11.1. The summed E-state index contributed by atoms with van der Waals surface area (Å²) in [5.41, 5.74) is 3.01. The van der Waals surface area contributed by atoms with Gasteiger partial charge in [0.2, 0.25) is 0 Å². The number of hydrogen-bond donors (Lipinski definition) is 1. The largest absolute Gasteiger partial charge is 0.385 e. The first-order chi connectivity index (χ1) is 19.2. The van der Waals surface area contributed by atoms with Crippen molar-refractivity contribution in [3.63, 3.8) is 0 Å². The molecule has 1 aromatic rings. The van der Waals surface area contributed by atoms with E-state index >= 15 is 0 Å². The normalized spacial score (nSPS) is 42.2. The third kappa shape index (κ3) is 4.35. The molecule has 0 aromatic heterocycles. The van der Waals surface area contributed by atoms with Crippen molar-refractivity contribution in [1.29, 1.82) is 0 Å². The summed E-state index contributed by atoms with van der Waals surface area (Å²) in [6.45, 7) is 14.4. The molecule has 4 aliphatic carbocycles. The van der Waals surface area contributed by atoms with Crippen LogP contribution in [0.3, 0.4) is 0 Å². The average Bonchev–Trinajstić information content (AvgIpc) is 3.39. The van der Waals surface area contributed by atoms with Crippen molar-refractivity contribution >= 4 is 5.78 Å². The highest BCUT2D eigenvalue weighted by atomic mass is 16.8. The maximum absolute atomic E-state index is 13.3. The number of ether oxygens (including phenoxy) is 4. The van der Waals surface area contributed by atoms with Gasteiger partial charge in [-0.1, -0.05) is 56.7 Å². The van der Waals surface area contributed by atoms with Gasteiger partial charge in [-0.2, -0.15) is 0 Å². The zero-order valence-corrected chi connectivity index (χ0v) is 25.5. The molecule has 6 heteroatoms. The first-order valence-electron chi connectivity index (χ1n) is 15.6. The van der Waals surface area contributed by atoms with Crippen LogP contribution >= 0.6 is 0 Å². The Balaban J connectivity index is 1.27. The molecule has 41 heavy (non-hydrogen) atoms. The quantitative estimate of drug-likeness (QED) is 0.425. The lowest BCUT2D eigenvalue weighted by atomic mass is 9.51. The topological polar surface area (TPSA) is 74.2 Å². The highest BCUT2D eigenvalue weighted by Crippen LogP contribution is 2.63. The monoisotopic (exact) mass is 562 g/mol. The van der Waals surface area contributed by atoms with Crippen LogP contribution in [0.15, 0.2) is 47.6 Å². The summed E-state index contributed by atoms with van der Waals surface area (Å²) in [6, 6.07) is 8.63. The van der Waals surface area contributed by atoms with Gasteiger partial charge in [0, 0.05) is 35.2 Å². The summed E-state index contributed by atoms with van der Waals surface area (Å²) >= 11 is 0. The van der Waals surface area contributed by atoms with Crippen molar-refractivity contribution in [2.75, 3.05) is 19.8 Å². The fraction of sp³-hybridized carbons (Fsp3) is 0.686. The van der Waals surface area contributed by atoms with E-state index in [1.54, 1.807) is 0 Å². The van der Waals surface area contributed by atoms with Gasteiger partial charge in [0.05, 0.1) is 31.0 Å². The molecule has 2 heterocycles. The second-order valence-corrected chi connectivity index (χ2v) is 15.6. The number of carbonyl (C=O) groups is 1. The third-order valence-corrected chi connectivity index (χ3v) is 11.1. The molecule has 7 rings (SSSR count). The lowest BCUT2D eigenvalue weighted by Gasteiger charge is -2.56. The molecule has 6 atom stereocenters. The second-order valence-electron chi connectivity index (χ2n) is 15.6. The molecule has 1 unspecified atom stereocenters. The summed E-state index contributed by atoms with van der Waals surface area (Å²) in [7, 11) is 0. The van der Waals surface area contributed by atoms with Gasteiger partial charge >= 0.3 is 0 Å². The SMILES string of the molecule is CC1(C)COC2(CCC3=C4[C@@H](CC[C@@]3(O)C2)[C@@H]2C=CC(=O)[C@@]2(C)C[C@@H]4c2ccc(C3(C)OCC(C)(C)O3)cc2)OC1. The summed E-state index contributed by atoms with van der Waals surface area (Å²) in [5.74, 6) is -0.758. The zero-order valence-electron chi connectivity index (χ0n) is 25.5. The molecule has 0 amide bonds. The second kappa shape index (κ2) is 8.86. The van der Waals surface area contributed by atoms with Gasteiger partial charge in [-0.25, -0.2) is 0 Å². The highest BCUT2D eigenvalue weighted by Gasteiger charge is 2.60. The predicted molar refractivity (Wildman–Crippen MR) is 155 cm³/mol. The number of benzene rings is 1. The van der Waals surface area contributed by atoms with Crippen LogP contribution in [-0.4, -0.2) is 47.7 Å². The number of fused-ring (bicyclic) bond motifs is 4. The Kier molecular flexibility index (Phi) is 6.04. The molecule has 2 aliphatic heterocycles. The Labute approximate surface area is 244 Å². The van der Waals surface area contributed by atoms with Gasteiger partial charge in [-0.3, -0.25) is 4.79 Å². The molecular formula is C35H46O6. The van der Waals surface area contributed by atoms with E-state index in [0.29, 0.717) is 32.7 Å². The Morgan fingerprint density at radius 1 is 0.902 bits per heavy atom. The van der Waals surface area contributed by atoms with E-state index in [2.05, 4.69) is 65.0 Å². The van der Waals surface area contributed by atoms with E-state index in [-0.39, 0.29) is 34.6 Å². The van der Waals surface area contributed by atoms with Crippen molar-refractivity contribution in [3.8, 4) is 0 Å². The Morgan fingerprint density at radius 2 is 1.61 bits per heavy atom. The smallest absolute Gasteiger partial charge is 0.192 e. The minimum absolute atomic E-state index is 0.0158. The summed E-state index contributed by atoms with van der Waals surface area (Å²) in [6.07, 6.45) is 8.25. The predicted octanol–water partition coefficient (Wildman–Crippen LogP) is 6.32. The van der Waals surface area contributed by atoms with Gasteiger partial charge in [0.1, 0.15) is 0 Å². The van der Waals surface area contributed by atoms with E-state index in [1.165, 1.54) is 16.7 Å². The molecule has 6 nitrogen and oxygen atoms in total. The molecule has 1 N–H and O–H groups in total. The van der Waals surface area contributed by atoms with E-state index < -0.39 is 22.6 Å². The van der Waals surface area contributed by atoms with E-state index in [9.17, 15) is 9.90 Å².